The van der Waals surface area contributed by atoms with E-state index in [0.717, 1.165) is 17.3 Å². The highest BCUT2D eigenvalue weighted by Gasteiger charge is 2.22. The van der Waals surface area contributed by atoms with E-state index in [0.29, 0.717) is 0 Å². The molecule has 0 radical (unpaired) electrons. The Morgan fingerprint density at radius 3 is 3.00 bits per heavy atom. The SMILES string of the molecule is C[C@@H](C#N)NC(=O)C1CSCCS1. The van der Waals surface area contributed by atoms with E-state index in [2.05, 4.69) is 5.32 Å². The van der Waals surface area contributed by atoms with Gasteiger partial charge in [-0.15, -0.1) is 11.8 Å². The first-order valence-corrected chi connectivity index (χ1v) is 6.33. The van der Waals surface area contributed by atoms with Crippen LogP contribution in [-0.4, -0.2) is 34.5 Å². The summed E-state index contributed by atoms with van der Waals surface area (Å²) in [5.74, 6) is 3.03. The van der Waals surface area contributed by atoms with Crippen LogP contribution in [0.3, 0.4) is 0 Å². The molecule has 1 unspecified atom stereocenters. The average Bonchev–Trinajstić information content (AvgIpc) is 2.19. The number of nitrogens with zero attached hydrogens (tertiary/aromatic N) is 1. The molecule has 1 fully saturated rings. The number of hydrogen-bond donors (Lipinski definition) is 1. The van der Waals surface area contributed by atoms with Gasteiger partial charge >= 0.3 is 0 Å². The van der Waals surface area contributed by atoms with Crippen molar-refractivity contribution < 1.29 is 4.79 Å². The molecule has 1 heterocycles. The predicted octanol–water partition coefficient (Wildman–Crippen LogP) is 0.863. The lowest BCUT2D eigenvalue weighted by molar-refractivity contribution is -0.120. The van der Waals surface area contributed by atoms with Crippen LogP contribution in [0.15, 0.2) is 0 Å². The minimum absolute atomic E-state index is 0.00579. The molecule has 0 aromatic carbocycles. The molecule has 0 spiro atoms. The van der Waals surface area contributed by atoms with Gasteiger partial charge in [0.25, 0.3) is 0 Å². The van der Waals surface area contributed by atoms with Gasteiger partial charge in [-0.2, -0.15) is 17.0 Å². The fourth-order valence-corrected chi connectivity index (χ4v) is 3.54. The Hall–Kier alpha value is -0.340. The molecule has 1 saturated heterocycles. The number of nitriles is 1. The van der Waals surface area contributed by atoms with Gasteiger partial charge in [0.05, 0.1) is 11.3 Å². The number of carbonyl (C=O) groups is 1. The normalized spacial score (nSPS) is 24.5. The van der Waals surface area contributed by atoms with Crippen LogP contribution >= 0.6 is 23.5 Å². The van der Waals surface area contributed by atoms with E-state index in [9.17, 15) is 4.79 Å². The first kappa shape index (κ1) is 10.7. The van der Waals surface area contributed by atoms with Crippen molar-refractivity contribution in [2.45, 2.75) is 18.2 Å². The molecule has 0 aromatic heterocycles. The maximum atomic E-state index is 11.5. The lowest BCUT2D eigenvalue weighted by Crippen LogP contribution is -2.40. The van der Waals surface area contributed by atoms with Crippen molar-refractivity contribution in [2.75, 3.05) is 17.3 Å². The average molecular weight is 216 g/mol. The summed E-state index contributed by atoms with van der Waals surface area (Å²) in [7, 11) is 0. The highest BCUT2D eigenvalue weighted by molar-refractivity contribution is 8.07. The maximum Gasteiger partial charge on any atom is 0.234 e. The van der Waals surface area contributed by atoms with E-state index in [1.807, 2.05) is 6.07 Å². The summed E-state index contributed by atoms with van der Waals surface area (Å²) in [6.07, 6.45) is 0. The minimum Gasteiger partial charge on any atom is -0.340 e. The third-order valence-corrected chi connectivity index (χ3v) is 4.41. The van der Waals surface area contributed by atoms with E-state index >= 15 is 0 Å². The van der Waals surface area contributed by atoms with Crippen LogP contribution in [0.4, 0.5) is 0 Å². The second kappa shape index (κ2) is 5.40. The number of rotatable bonds is 2. The van der Waals surface area contributed by atoms with E-state index in [1.165, 1.54) is 0 Å². The van der Waals surface area contributed by atoms with Gasteiger partial charge < -0.3 is 5.32 Å². The van der Waals surface area contributed by atoms with Crippen molar-refractivity contribution >= 4 is 29.4 Å². The topological polar surface area (TPSA) is 52.9 Å². The molecule has 3 nitrogen and oxygen atoms in total. The van der Waals surface area contributed by atoms with Crippen molar-refractivity contribution in [3.63, 3.8) is 0 Å². The molecule has 1 amide bonds. The van der Waals surface area contributed by atoms with Gasteiger partial charge in [0, 0.05) is 17.3 Å². The van der Waals surface area contributed by atoms with Crippen molar-refractivity contribution in [3.8, 4) is 6.07 Å². The quantitative estimate of drug-likeness (QED) is 0.744. The molecule has 0 bridgehead atoms. The first-order valence-electron chi connectivity index (χ1n) is 4.13. The summed E-state index contributed by atoms with van der Waals surface area (Å²) in [4.78, 5) is 11.5. The Kier molecular flexibility index (Phi) is 4.46. The zero-order chi connectivity index (χ0) is 9.68. The van der Waals surface area contributed by atoms with Crippen LogP contribution in [-0.2, 0) is 4.79 Å². The van der Waals surface area contributed by atoms with Crippen molar-refractivity contribution in [1.29, 1.82) is 5.26 Å². The summed E-state index contributed by atoms with van der Waals surface area (Å²) in [6.45, 7) is 1.69. The Morgan fingerprint density at radius 2 is 2.46 bits per heavy atom. The van der Waals surface area contributed by atoms with Gasteiger partial charge in [0.15, 0.2) is 0 Å². The molecule has 0 saturated carbocycles. The molecular weight excluding hydrogens is 204 g/mol. The lowest BCUT2D eigenvalue weighted by Gasteiger charge is -2.20. The molecular formula is C8H12N2OS2. The molecule has 72 valence electrons. The second-order valence-corrected chi connectivity index (χ2v) is 5.25. The number of nitrogens with one attached hydrogen (secondary N) is 1. The Morgan fingerprint density at radius 1 is 1.69 bits per heavy atom. The van der Waals surface area contributed by atoms with Gasteiger partial charge in [0.2, 0.25) is 5.91 Å². The van der Waals surface area contributed by atoms with Crippen molar-refractivity contribution in [2.24, 2.45) is 0 Å². The van der Waals surface area contributed by atoms with Crippen LogP contribution in [0.5, 0.6) is 0 Å². The Bertz CT molecular complexity index is 221. The monoisotopic (exact) mass is 216 g/mol. The maximum absolute atomic E-state index is 11.5. The minimum atomic E-state index is -0.375. The van der Waals surface area contributed by atoms with E-state index in [4.69, 9.17) is 5.26 Å². The molecule has 1 aliphatic rings. The molecule has 0 aliphatic carbocycles. The van der Waals surface area contributed by atoms with Crippen LogP contribution < -0.4 is 5.32 Å². The first-order chi connectivity index (χ1) is 6.24. The number of thioether (sulfide) groups is 2. The molecule has 1 N–H and O–H groups in total. The Labute approximate surface area is 86.6 Å². The molecule has 1 rings (SSSR count). The summed E-state index contributed by atoms with van der Waals surface area (Å²) >= 11 is 3.48. The molecule has 2 atom stereocenters. The molecule has 0 aromatic rings. The number of amides is 1. The fraction of sp³-hybridized carbons (Fsp3) is 0.750. The van der Waals surface area contributed by atoms with E-state index < -0.39 is 0 Å². The summed E-state index contributed by atoms with van der Waals surface area (Å²) < 4.78 is 0. The third kappa shape index (κ3) is 3.49. The van der Waals surface area contributed by atoms with Gasteiger partial charge in [-0.3, -0.25) is 4.79 Å². The van der Waals surface area contributed by atoms with Crippen LogP contribution in [0.25, 0.3) is 0 Å². The largest absolute Gasteiger partial charge is 0.340 e. The van der Waals surface area contributed by atoms with Crippen LogP contribution in [0.1, 0.15) is 6.92 Å². The van der Waals surface area contributed by atoms with E-state index in [1.54, 1.807) is 30.4 Å². The fourth-order valence-electron chi connectivity index (χ4n) is 0.978. The molecule has 5 heteroatoms. The second-order valence-electron chi connectivity index (χ2n) is 2.79. The van der Waals surface area contributed by atoms with Gasteiger partial charge in [-0.05, 0) is 6.92 Å². The van der Waals surface area contributed by atoms with Gasteiger partial charge in [-0.25, -0.2) is 0 Å². The highest BCUT2D eigenvalue weighted by Crippen LogP contribution is 2.23. The van der Waals surface area contributed by atoms with Crippen LogP contribution in [0.2, 0.25) is 0 Å². The zero-order valence-corrected chi connectivity index (χ0v) is 9.08. The predicted molar refractivity (Wildman–Crippen MR) is 56.8 cm³/mol. The molecule has 13 heavy (non-hydrogen) atoms. The summed E-state index contributed by atoms with van der Waals surface area (Å²) in [5.41, 5.74) is 0. The number of carbonyl (C=O) groups excluding carboxylic acids is 1. The summed E-state index contributed by atoms with van der Waals surface area (Å²) in [5, 5.41) is 11.2. The standard InChI is InChI=1S/C8H12N2OS2/c1-6(4-9)10-8(11)7-5-12-2-3-13-7/h6-7H,2-3,5H2,1H3,(H,10,11)/t6-,7?/m0/s1. The van der Waals surface area contributed by atoms with Gasteiger partial charge in [-0.1, -0.05) is 0 Å². The number of hydrogen-bond acceptors (Lipinski definition) is 4. The lowest BCUT2D eigenvalue weighted by atomic mass is 10.3. The van der Waals surface area contributed by atoms with Crippen molar-refractivity contribution in [3.05, 3.63) is 0 Å². The van der Waals surface area contributed by atoms with Crippen molar-refractivity contribution in [1.82, 2.24) is 5.32 Å². The highest BCUT2D eigenvalue weighted by atomic mass is 32.2. The zero-order valence-electron chi connectivity index (χ0n) is 7.45. The van der Waals surface area contributed by atoms with E-state index in [-0.39, 0.29) is 17.2 Å². The molecule has 1 aliphatic heterocycles. The summed E-state index contributed by atoms with van der Waals surface area (Å²) in [6, 6.07) is 1.61. The smallest absolute Gasteiger partial charge is 0.234 e. The Balaban J connectivity index is 2.34. The third-order valence-electron chi connectivity index (χ3n) is 1.66. The van der Waals surface area contributed by atoms with Gasteiger partial charge in [0.1, 0.15) is 6.04 Å². The van der Waals surface area contributed by atoms with Crippen LogP contribution in [0, 0.1) is 11.3 Å².